The van der Waals surface area contributed by atoms with E-state index in [1.165, 1.54) is 4.90 Å². The summed E-state index contributed by atoms with van der Waals surface area (Å²) < 4.78 is 1.73. The smallest absolute Gasteiger partial charge is 0.262 e. The fraction of sp³-hybridized carbons (Fsp3) is 0.194. The van der Waals surface area contributed by atoms with Crippen LogP contribution in [0.1, 0.15) is 57.4 Å². The number of aryl methyl sites for hydroxylation is 2. The minimum atomic E-state index is -1.01. The number of aromatic nitrogens is 4. The Morgan fingerprint density at radius 2 is 1.44 bits per heavy atom. The second-order valence-electron chi connectivity index (χ2n) is 12.4. The second-order valence-corrected chi connectivity index (χ2v) is 12.8. The van der Waals surface area contributed by atoms with E-state index in [0.29, 0.717) is 33.1 Å². The first-order chi connectivity index (χ1) is 21.6. The molecule has 1 saturated carbocycles. The zero-order valence-corrected chi connectivity index (χ0v) is 25.6. The minimum absolute atomic E-state index is 0.239. The Hall–Kier alpha value is -4.92. The van der Waals surface area contributed by atoms with Crippen LogP contribution in [-0.4, -0.2) is 47.0 Å². The Morgan fingerprint density at radius 3 is 2.07 bits per heavy atom. The first-order valence-corrected chi connectivity index (χ1v) is 15.2. The van der Waals surface area contributed by atoms with Gasteiger partial charge >= 0.3 is 0 Å². The average Bonchev–Trinajstić information content (AvgIpc) is 3.51. The summed E-state index contributed by atoms with van der Waals surface area (Å²) in [5.74, 6) is -0.681. The molecule has 6 aromatic rings. The average molecular weight is 614 g/mol. The highest BCUT2D eigenvalue weighted by molar-refractivity contribution is 6.39. The van der Waals surface area contributed by atoms with Gasteiger partial charge in [-0.05, 0) is 44.0 Å². The van der Waals surface area contributed by atoms with Gasteiger partial charge in [-0.1, -0.05) is 78.3 Å². The second kappa shape index (κ2) is 9.54. The van der Waals surface area contributed by atoms with E-state index >= 15 is 0 Å². The van der Waals surface area contributed by atoms with Crippen LogP contribution < -0.4 is 0 Å². The van der Waals surface area contributed by atoms with Crippen molar-refractivity contribution in [1.82, 2.24) is 24.5 Å². The van der Waals surface area contributed by atoms with Crippen LogP contribution in [0, 0.1) is 13.8 Å². The summed E-state index contributed by atoms with van der Waals surface area (Å²) in [6.45, 7) is 5.57. The Morgan fingerprint density at radius 1 is 0.822 bits per heavy atom. The van der Waals surface area contributed by atoms with Crippen molar-refractivity contribution in [3.05, 3.63) is 118 Å². The van der Waals surface area contributed by atoms with E-state index in [1.54, 1.807) is 35.7 Å². The molecule has 1 aliphatic heterocycles. The fourth-order valence-electron chi connectivity index (χ4n) is 7.26. The predicted molar refractivity (Wildman–Crippen MR) is 172 cm³/mol. The van der Waals surface area contributed by atoms with Crippen molar-refractivity contribution < 1.29 is 14.7 Å². The van der Waals surface area contributed by atoms with Gasteiger partial charge in [0.1, 0.15) is 0 Å². The SMILES string of the molecule is Cc1cc2nc(C)c3c(Cl)c(-c4ccccc4)c(-c4ccc(C5(N6C(=O)c7ccccc7C6=O)CC(C)(O)C5)cc4)nc3n2n1. The molecule has 0 bridgehead atoms. The number of pyridine rings is 1. The number of hydrogen-bond donors (Lipinski definition) is 1. The molecule has 4 heterocycles. The fourth-order valence-corrected chi connectivity index (χ4v) is 7.68. The number of carbonyl (C=O) groups is 2. The number of aliphatic hydroxyl groups is 1. The van der Waals surface area contributed by atoms with Gasteiger partial charge in [-0.25, -0.2) is 9.97 Å². The number of fused-ring (bicyclic) bond motifs is 4. The van der Waals surface area contributed by atoms with Crippen LogP contribution in [0.5, 0.6) is 0 Å². The van der Waals surface area contributed by atoms with E-state index in [4.69, 9.17) is 21.6 Å². The molecule has 0 atom stereocenters. The molecule has 8 nitrogen and oxygen atoms in total. The van der Waals surface area contributed by atoms with Gasteiger partial charge in [0.2, 0.25) is 0 Å². The van der Waals surface area contributed by atoms with Gasteiger partial charge in [0.25, 0.3) is 11.8 Å². The standard InChI is InChI=1S/C36H28ClN5O3/c1-20-17-27-38-21(2)28-30(37)29(22-9-5-4-6-10-22)31(39-32(28)42(27)40-20)23-13-15-24(16-14-23)36(18-35(3,45)19-36)41-33(43)25-11-7-8-12-26(25)34(41)44/h4-17,45H,18-19H2,1-3H3. The largest absolute Gasteiger partial charge is 0.390 e. The molecule has 0 unspecified atom stereocenters. The van der Waals surface area contributed by atoms with Gasteiger partial charge in [-0.2, -0.15) is 9.61 Å². The number of nitrogens with zero attached hydrogens (tertiary/aromatic N) is 5. The summed E-state index contributed by atoms with van der Waals surface area (Å²) in [4.78, 5) is 38.5. The lowest BCUT2D eigenvalue weighted by molar-refractivity contribution is -0.118. The number of imide groups is 1. The van der Waals surface area contributed by atoms with Crippen LogP contribution in [0.25, 0.3) is 39.1 Å². The number of benzene rings is 3. The van der Waals surface area contributed by atoms with Crippen LogP contribution in [0.3, 0.4) is 0 Å². The molecule has 0 saturated heterocycles. The zero-order valence-electron chi connectivity index (χ0n) is 24.9. The Labute approximate surface area is 263 Å². The van der Waals surface area contributed by atoms with Crippen molar-refractivity contribution in [3.63, 3.8) is 0 Å². The Kier molecular flexibility index (Phi) is 5.85. The maximum absolute atomic E-state index is 13.6. The van der Waals surface area contributed by atoms with Crippen molar-refractivity contribution in [2.75, 3.05) is 0 Å². The molecule has 8 rings (SSSR count). The number of amides is 2. The highest BCUT2D eigenvalue weighted by Gasteiger charge is 2.60. The zero-order chi connectivity index (χ0) is 31.2. The van der Waals surface area contributed by atoms with Crippen LogP contribution in [0.2, 0.25) is 5.02 Å². The molecule has 2 aliphatic rings. The van der Waals surface area contributed by atoms with Gasteiger partial charge in [0.15, 0.2) is 11.3 Å². The van der Waals surface area contributed by atoms with Gasteiger partial charge < -0.3 is 5.11 Å². The summed E-state index contributed by atoms with van der Waals surface area (Å²) in [5, 5.41) is 16.8. The third kappa shape index (κ3) is 3.99. The van der Waals surface area contributed by atoms with Crippen LogP contribution in [0.4, 0.5) is 0 Å². The summed E-state index contributed by atoms with van der Waals surface area (Å²) in [7, 11) is 0. The molecular weight excluding hydrogens is 586 g/mol. The summed E-state index contributed by atoms with van der Waals surface area (Å²) in [6.07, 6.45) is 0.478. The maximum Gasteiger partial charge on any atom is 0.262 e. The number of halogens is 1. The Balaban J connectivity index is 1.31. The van der Waals surface area contributed by atoms with Crippen molar-refractivity contribution in [2.24, 2.45) is 0 Å². The lowest BCUT2D eigenvalue weighted by atomic mass is 9.61. The predicted octanol–water partition coefficient (Wildman–Crippen LogP) is 6.92. The molecular formula is C36H28ClN5O3. The quantitative estimate of drug-likeness (QED) is 0.217. The van der Waals surface area contributed by atoms with Crippen LogP contribution >= 0.6 is 11.6 Å². The molecule has 2 amide bonds. The van der Waals surface area contributed by atoms with E-state index in [9.17, 15) is 14.7 Å². The van der Waals surface area contributed by atoms with Crippen LogP contribution in [-0.2, 0) is 5.54 Å². The van der Waals surface area contributed by atoms with E-state index in [2.05, 4.69) is 5.10 Å². The van der Waals surface area contributed by atoms with Crippen molar-refractivity contribution in [3.8, 4) is 22.4 Å². The van der Waals surface area contributed by atoms with Crippen molar-refractivity contribution >= 4 is 40.1 Å². The minimum Gasteiger partial charge on any atom is -0.390 e. The maximum atomic E-state index is 13.6. The summed E-state index contributed by atoms with van der Waals surface area (Å²) >= 11 is 7.24. The lowest BCUT2D eigenvalue weighted by Gasteiger charge is -2.55. The van der Waals surface area contributed by atoms with E-state index in [-0.39, 0.29) is 24.7 Å². The number of carbonyl (C=O) groups excluding carboxylic acids is 2. The highest BCUT2D eigenvalue weighted by Crippen LogP contribution is 2.55. The first-order valence-electron chi connectivity index (χ1n) is 14.8. The number of hydrogen-bond acceptors (Lipinski definition) is 6. The van der Waals surface area contributed by atoms with Crippen molar-refractivity contribution in [2.45, 2.75) is 44.8 Å². The molecule has 0 radical (unpaired) electrons. The molecule has 0 spiro atoms. The normalized spacial score (nSPS) is 21.0. The molecule has 3 aromatic carbocycles. The molecule has 45 heavy (non-hydrogen) atoms. The molecule has 1 fully saturated rings. The van der Waals surface area contributed by atoms with Gasteiger partial charge in [0, 0.05) is 30.0 Å². The van der Waals surface area contributed by atoms with E-state index < -0.39 is 11.1 Å². The highest BCUT2D eigenvalue weighted by atomic mass is 35.5. The lowest BCUT2D eigenvalue weighted by Crippen LogP contribution is -2.63. The van der Waals surface area contributed by atoms with Crippen LogP contribution in [0.15, 0.2) is 84.9 Å². The molecule has 222 valence electrons. The third-order valence-electron chi connectivity index (χ3n) is 9.10. The van der Waals surface area contributed by atoms with E-state index in [0.717, 1.165) is 39.0 Å². The van der Waals surface area contributed by atoms with Gasteiger partial charge in [-0.3, -0.25) is 14.5 Å². The first kappa shape index (κ1) is 27.6. The molecule has 9 heteroatoms. The molecule has 1 N–H and O–H groups in total. The third-order valence-corrected chi connectivity index (χ3v) is 9.48. The van der Waals surface area contributed by atoms with Gasteiger partial charge in [-0.15, -0.1) is 0 Å². The van der Waals surface area contributed by atoms with Gasteiger partial charge in [0.05, 0.1) is 49.8 Å². The summed E-state index contributed by atoms with van der Waals surface area (Å²) in [5.41, 5.74) is 5.57. The topological polar surface area (TPSA) is 101 Å². The number of rotatable bonds is 4. The summed E-state index contributed by atoms with van der Waals surface area (Å²) in [6, 6.07) is 26.4. The molecule has 1 aliphatic carbocycles. The monoisotopic (exact) mass is 613 g/mol. The van der Waals surface area contributed by atoms with Crippen molar-refractivity contribution in [1.29, 1.82) is 0 Å². The van der Waals surface area contributed by atoms with E-state index in [1.807, 2.05) is 74.5 Å². The molecule has 3 aromatic heterocycles. The Bertz CT molecular complexity index is 2180.